The van der Waals surface area contributed by atoms with E-state index in [1.54, 1.807) is 6.07 Å². The van der Waals surface area contributed by atoms with Gasteiger partial charge in [0.25, 0.3) is 0 Å². The molecular weight excluding hydrogens is 172 g/mol. The number of hydrogen-bond donors (Lipinski definition) is 1. The number of phenols is 1. The molecule has 0 aliphatic rings. The Hall–Kier alpha value is -0.690. The Morgan fingerprint density at radius 2 is 1.67 bits per heavy atom. The van der Waals surface area contributed by atoms with Crippen LogP contribution in [0.3, 0.4) is 0 Å². The first-order valence-electron chi connectivity index (χ1n) is 4.07. The normalized spacial score (nSPS) is 8.75. The zero-order valence-electron chi connectivity index (χ0n) is 7.98. The van der Waals surface area contributed by atoms with E-state index in [-0.39, 0.29) is 5.75 Å². The van der Waals surface area contributed by atoms with Crippen LogP contribution in [0.25, 0.3) is 0 Å². The monoisotopic (exact) mass is 186 g/mol. The van der Waals surface area contributed by atoms with Gasteiger partial charge in [-0.05, 0) is 31.0 Å². The second-order valence-corrected chi connectivity index (χ2v) is 2.79. The summed E-state index contributed by atoms with van der Waals surface area (Å²) in [5.41, 5.74) is 1.94. The van der Waals surface area contributed by atoms with Crippen LogP contribution in [-0.4, -0.2) is 5.11 Å². The molecular formula is C10H15ClO. The second kappa shape index (κ2) is 5.04. The van der Waals surface area contributed by atoms with Crippen molar-refractivity contribution in [1.29, 1.82) is 0 Å². The molecule has 0 spiro atoms. The molecule has 0 heterocycles. The summed E-state index contributed by atoms with van der Waals surface area (Å²) in [4.78, 5) is 0. The van der Waals surface area contributed by atoms with Crippen LogP contribution in [0, 0.1) is 13.8 Å². The van der Waals surface area contributed by atoms with Crippen molar-refractivity contribution >= 4 is 11.6 Å². The lowest BCUT2D eigenvalue weighted by Crippen LogP contribution is -1.78. The fraction of sp³-hybridized carbons (Fsp3) is 0.400. The summed E-state index contributed by atoms with van der Waals surface area (Å²) in [6, 6.07) is 3.58. The fourth-order valence-electron chi connectivity index (χ4n) is 0.928. The Morgan fingerprint density at radius 1 is 1.17 bits per heavy atom. The molecule has 0 bridgehead atoms. The molecule has 1 N–H and O–H groups in total. The van der Waals surface area contributed by atoms with Gasteiger partial charge in [-0.15, -0.1) is 0 Å². The Labute approximate surface area is 79.0 Å². The molecule has 0 saturated carbocycles. The third-order valence-electron chi connectivity index (χ3n) is 1.38. The van der Waals surface area contributed by atoms with Crippen molar-refractivity contribution in [3.63, 3.8) is 0 Å². The quantitative estimate of drug-likeness (QED) is 0.655. The van der Waals surface area contributed by atoms with E-state index in [1.807, 2.05) is 33.8 Å². The molecule has 1 nitrogen and oxygen atoms in total. The maximum absolute atomic E-state index is 9.15. The van der Waals surface area contributed by atoms with E-state index in [0.717, 1.165) is 11.1 Å². The Balaban J connectivity index is 0.000000561. The van der Waals surface area contributed by atoms with Crippen molar-refractivity contribution in [2.24, 2.45) is 0 Å². The van der Waals surface area contributed by atoms with Crippen LogP contribution in [-0.2, 0) is 0 Å². The zero-order valence-corrected chi connectivity index (χ0v) is 8.74. The topological polar surface area (TPSA) is 20.2 Å². The number of phenolic OH excluding ortho intramolecular Hbond substituents is 1. The maximum Gasteiger partial charge on any atom is 0.134 e. The Morgan fingerprint density at radius 3 is 2.08 bits per heavy atom. The first-order valence-corrected chi connectivity index (χ1v) is 4.45. The SMILES string of the molecule is CC.Cc1cc(C)c(Cl)c(O)c1. The molecule has 0 aliphatic heterocycles. The molecule has 0 atom stereocenters. The highest BCUT2D eigenvalue weighted by molar-refractivity contribution is 6.32. The molecule has 1 aromatic carbocycles. The highest BCUT2D eigenvalue weighted by Crippen LogP contribution is 2.27. The van der Waals surface area contributed by atoms with E-state index < -0.39 is 0 Å². The van der Waals surface area contributed by atoms with Gasteiger partial charge in [0.05, 0.1) is 5.02 Å². The van der Waals surface area contributed by atoms with Crippen LogP contribution in [0.15, 0.2) is 12.1 Å². The number of halogens is 1. The molecule has 1 rings (SSSR count). The van der Waals surface area contributed by atoms with Crippen molar-refractivity contribution in [3.05, 3.63) is 28.3 Å². The summed E-state index contributed by atoms with van der Waals surface area (Å²) in [5.74, 6) is 0.166. The average Bonchev–Trinajstić information content (AvgIpc) is 2.04. The minimum absolute atomic E-state index is 0.166. The maximum atomic E-state index is 9.15. The predicted molar refractivity (Wildman–Crippen MR) is 53.9 cm³/mol. The molecule has 0 radical (unpaired) electrons. The standard InChI is InChI=1S/C8H9ClO.C2H6/c1-5-3-6(2)8(9)7(10)4-5;1-2/h3-4,10H,1-2H3;1-2H3. The van der Waals surface area contributed by atoms with E-state index in [1.165, 1.54) is 0 Å². The average molecular weight is 187 g/mol. The van der Waals surface area contributed by atoms with Gasteiger partial charge in [-0.1, -0.05) is 31.5 Å². The van der Waals surface area contributed by atoms with Crippen LogP contribution in [0.5, 0.6) is 5.75 Å². The highest BCUT2D eigenvalue weighted by Gasteiger charge is 2.00. The first-order chi connectivity index (χ1) is 5.61. The molecule has 1 aromatic rings. The molecule has 0 amide bonds. The Kier molecular flexibility index (Phi) is 4.75. The van der Waals surface area contributed by atoms with Gasteiger partial charge in [0, 0.05) is 0 Å². The van der Waals surface area contributed by atoms with Gasteiger partial charge in [0.1, 0.15) is 5.75 Å². The first kappa shape index (κ1) is 11.3. The van der Waals surface area contributed by atoms with Gasteiger partial charge in [0.2, 0.25) is 0 Å². The molecule has 0 fully saturated rings. The third-order valence-corrected chi connectivity index (χ3v) is 1.87. The smallest absolute Gasteiger partial charge is 0.134 e. The molecule has 12 heavy (non-hydrogen) atoms. The third kappa shape index (κ3) is 2.74. The molecule has 0 unspecified atom stereocenters. The van der Waals surface area contributed by atoms with E-state index >= 15 is 0 Å². The van der Waals surface area contributed by atoms with Crippen LogP contribution in [0.1, 0.15) is 25.0 Å². The van der Waals surface area contributed by atoms with Crippen molar-refractivity contribution in [3.8, 4) is 5.75 Å². The number of benzene rings is 1. The van der Waals surface area contributed by atoms with E-state index in [0.29, 0.717) is 5.02 Å². The number of hydrogen-bond acceptors (Lipinski definition) is 1. The van der Waals surface area contributed by atoms with Gasteiger partial charge < -0.3 is 5.11 Å². The fourth-order valence-corrected chi connectivity index (χ4v) is 1.04. The second-order valence-electron chi connectivity index (χ2n) is 2.41. The van der Waals surface area contributed by atoms with Gasteiger partial charge >= 0.3 is 0 Å². The lowest BCUT2D eigenvalue weighted by atomic mass is 10.1. The predicted octanol–water partition coefficient (Wildman–Crippen LogP) is 3.69. The molecule has 68 valence electrons. The largest absolute Gasteiger partial charge is 0.506 e. The summed E-state index contributed by atoms with van der Waals surface area (Å²) in [5, 5.41) is 9.60. The van der Waals surface area contributed by atoms with Crippen LogP contribution in [0.4, 0.5) is 0 Å². The molecule has 2 heteroatoms. The van der Waals surface area contributed by atoms with E-state index in [2.05, 4.69) is 0 Å². The van der Waals surface area contributed by atoms with Gasteiger partial charge in [0.15, 0.2) is 0 Å². The Bertz CT molecular complexity index is 233. The lowest BCUT2D eigenvalue weighted by Gasteiger charge is -2.01. The minimum atomic E-state index is 0.166. The van der Waals surface area contributed by atoms with Crippen molar-refractivity contribution in [2.45, 2.75) is 27.7 Å². The highest BCUT2D eigenvalue weighted by atomic mass is 35.5. The number of aromatic hydroxyl groups is 1. The van der Waals surface area contributed by atoms with Crippen molar-refractivity contribution in [2.75, 3.05) is 0 Å². The van der Waals surface area contributed by atoms with Gasteiger partial charge in [-0.3, -0.25) is 0 Å². The summed E-state index contributed by atoms with van der Waals surface area (Å²) in [7, 11) is 0. The van der Waals surface area contributed by atoms with E-state index in [4.69, 9.17) is 16.7 Å². The van der Waals surface area contributed by atoms with Crippen LogP contribution in [0.2, 0.25) is 5.02 Å². The van der Waals surface area contributed by atoms with E-state index in [9.17, 15) is 0 Å². The summed E-state index contributed by atoms with van der Waals surface area (Å²) in [6.07, 6.45) is 0. The van der Waals surface area contributed by atoms with Crippen molar-refractivity contribution in [1.82, 2.24) is 0 Å². The number of rotatable bonds is 0. The lowest BCUT2D eigenvalue weighted by molar-refractivity contribution is 0.474. The van der Waals surface area contributed by atoms with Crippen molar-refractivity contribution < 1.29 is 5.11 Å². The van der Waals surface area contributed by atoms with Gasteiger partial charge in [-0.25, -0.2) is 0 Å². The molecule has 0 aromatic heterocycles. The summed E-state index contributed by atoms with van der Waals surface area (Å²) < 4.78 is 0. The summed E-state index contributed by atoms with van der Waals surface area (Å²) in [6.45, 7) is 7.79. The van der Waals surface area contributed by atoms with Gasteiger partial charge in [-0.2, -0.15) is 0 Å². The summed E-state index contributed by atoms with van der Waals surface area (Å²) >= 11 is 5.70. The van der Waals surface area contributed by atoms with Crippen LogP contribution < -0.4 is 0 Å². The van der Waals surface area contributed by atoms with Crippen LogP contribution >= 0.6 is 11.6 Å². The molecule has 0 saturated heterocycles. The minimum Gasteiger partial charge on any atom is -0.506 e. The zero-order chi connectivity index (χ0) is 9.72. The number of aryl methyl sites for hydroxylation is 2. The molecule has 0 aliphatic carbocycles.